The summed E-state index contributed by atoms with van der Waals surface area (Å²) in [5.41, 5.74) is -4.00. The first kappa shape index (κ1) is 15.2. The van der Waals surface area contributed by atoms with Gasteiger partial charge in [-0.3, -0.25) is 0 Å². The fraction of sp³-hybridized carbons (Fsp3) is 1.00. The van der Waals surface area contributed by atoms with Crippen molar-refractivity contribution in [3.63, 3.8) is 0 Å². The summed E-state index contributed by atoms with van der Waals surface area (Å²) >= 11 is 3.88. The molecule has 0 aromatic rings. The average Bonchev–Trinajstić information content (AvgIpc) is 1.78. The topological polar surface area (TPSA) is 134 Å². The maximum atomic E-state index is 11.3. The number of hydrogen-bond donors (Lipinski definition) is 4. The summed E-state index contributed by atoms with van der Waals surface area (Å²) in [6.45, 7) is -4.34. The molecule has 0 aliphatic carbocycles. The molecule has 1 unspecified atom stereocenters. The molecule has 0 bridgehead atoms. The summed E-state index contributed by atoms with van der Waals surface area (Å²) in [4.78, 5) is 34.1. The Morgan fingerprint density at radius 1 is 1.21 bits per heavy atom. The van der Waals surface area contributed by atoms with Gasteiger partial charge in [0.05, 0.1) is 11.0 Å². The van der Waals surface area contributed by atoms with Crippen LogP contribution in [0.15, 0.2) is 0 Å². The van der Waals surface area contributed by atoms with Gasteiger partial charge in [-0.25, -0.2) is 9.13 Å². The molecule has 13 heteroatoms. The molecule has 0 aliphatic rings. The molecule has 4 N–H and O–H groups in total. The molecule has 14 heavy (non-hydrogen) atoms. The molecule has 0 saturated carbocycles. The van der Waals surface area contributed by atoms with Crippen LogP contribution in [-0.4, -0.2) is 26.7 Å². The first-order chi connectivity index (χ1) is 5.97. The lowest BCUT2D eigenvalue weighted by molar-refractivity contribution is 0.258. The van der Waals surface area contributed by atoms with Gasteiger partial charge >= 0.3 is 14.6 Å². The van der Waals surface area contributed by atoms with Crippen molar-refractivity contribution in [2.24, 2.45) is 0 Å². The van der Waals surface area contributed by atoms with Crippen molar-refractivity contribution in [3.8, 4) is 0 Å². The summed E-state index contributed by atoms with van der Waals surface area (Å²) in [7, 11) is -4.22. The molecular formula is CH7O8P3S2. The normalized spacial score (nSPS) is 17.8. The third-order valence-electron chi connectivity index (χ3n) is 0.636. The highest BCUT2D eigenvalue weighted by Crippen LogP contribution is 2.78. The summed E-state index contributed by atoms with van der Waals surface area (Å²) in [5, 5.41) is 0. The van der Waals surface area contributed by atoms with Gasteiger partial charge in [0.2, 0.25) is 0 Å². The molecule has 1 atom stereocenters. The molecule has 0 fully saturated rings. The minimum atomic E-state index is -5.05. The molecule has 0 heterocycles. The SMILES string of the molecule is COP(=O)(OP(=O)(O)O)SP(O)(O)=S. The largest absolute Gasteiger partial charge is 0.477 e. The van der Waals surface area contributed by atoms with Crippen LogP contribution in [0.5, 0.6) is 0 Å². The molecule has 0 radical (unpaired) electrons. The average molecular weight is 304 g/mol. The zero-order chi connectivity index (χ0) is 11.6. The second-order valence-corrected chi connectivity index (χ2v) is 12.9. The van der Waals surface area contributed by atoms with Crippen LogP contribution in [0, 0.1) is 0 Å². The van der Waals surface area contributed by atoms with Crippen LogP contribution in [0.1, 0.15) is 0 Å². The van der Waals surface area contributed by atoms with E-state index in [1.54, 1.807) is 0 Å². The Balaban J connectivity index is 4.76. The predicted molar refractivity (Wildman–Crippen MR) is 54.1 cm³/mol. The van der Waals surface area contributed by atoms with Gasteiger partial charge in [0.1, 0.15) is 0 Å². The second-order valence-electron chi connectivity index (χ2n) is 1.77. The van der Waals surface area contributed by atoms with Gasteiger partial charge in [0.15, 0.2) is 0 Å². The molecule has 0 aromatic heterocycles. The van der Waals surface area contributed by atoms with Gasteiger partial charge in [0.25, 0.3) is 5.69 Å². The summed E-state index contributed by atoms with van der Waals surface area (Å²) < 4.78 is 29.5. The summed E-state index contributed by atoms with van der Waals surface area (Å²) in [6.07, 6.45) is 0. The Morgan fingerprint density at radius 2 is 1.64 bits per heavy atom. The Hall–Kier alpha value is 1.22. The van der Waals surface area contributed by atoms with Crippen LogP contribution >= 0.6 is 31.3 Å². The fourth-order valence-corrected chi connectivity index (χ4v) is 10.1. The smallest absolute Gasteiger partial charge is 0.337 e. The monoisotopic (exact) mass is 304 g/mol. The van der Waals surface area contributed by atoms with E-state index in [2.05, 4.69) is 20.6 Å². The Morgan fingerprint density at radius 3 is 1.86 bits per heavy atom. The molecule has 0 rings (SSSR count). The minimum absolute atomic E-state index is 0.213. The Bertz CT molecular complexity index is 297. The third-order valence-corrected chi connectivity index (χ3v) is 10.9. The van der Waals surface area contributed by atoms with Crippen molar-refractivity contribution in [1.29, 1.82) is 0 Å². The first-order valence-corrected chi connectivity index (χ1v) is 10.5. The van der Waals surface area contributed by atoms with Crippen molar-refractivity contribution in [2.75, 3.05) is 7.11 Å². The molecule has 0 aliphatic heterocycles. The minimum Gasteiger partial charge on any atom is -0.337 e. The van der Waals surface area contributed by atoms with Crippen LogP contribution < -0.4 is 0 Å². The predicted octanol–water partition coefficient (Wildman–Crippen LogP) is 0.792. The highest BCUT2D eigenvalue weighted by Gasteiger charge is 2.38. The van der Waals surface area contributed by atoms with Crippen LogP contribution in [0.25, 0.3) is 0 Å². The van der Waals surface area contributed by atoms with Crippen molar-refractivity contribution in [3.05, 3.63) is 0 Å². The lowest BCUT2D eigenvalue weighted by atomic mass is 11.8. The highest BCUT2D eigenvalue weighted by molar-refractivity contribution is 8.91. The molecule has 0 aromatic carbocycles. The van der Waals surface area contributed by atoms with Gasteiger partial charge in [-0.15, -0.1) is 0 Å². The van der Waals surface area contributed by atoms with Crippen molar-refractivity contribution >= 4 is 43.1 Å². The first-order valence-electron chi connectivity index (χ1n) is 2.67. The van der Waals surface area contributed by atoms with E-state index in [4.69, 9.17) is 19.6 Å². The van der Waals surface area contributed by atoms with E-state index in [1.165, 1.54) is 0 Å². The van der Waals surface area contributed by atoms with Crippen molar-refractivity contribution in [2.45, 2.75) is 0 Å². The zero-order valence-electron chi connectivity index (χ0n) is 6.58. The summed E-state index contributed by atoms with van der Waals surface area (Å²) in [5.74, 6) is 0. The third kappa shape index (κ3) is 7.50. The van der Waals surface area contributed by atoms with Crippen LogP contribution in [0.3, 0.4) is 0 Å². The second kappa shape index (κ2) is 5.03. The van der Waals surface area contributed by atoms with Crippen LogP contribution in [0.4, 0.5) is 0 Å². The van der Waals surface area contributed by atoms with Crippen LogP contribution in [-0.2, 0) is 29.8 Å². The van der Waals surface area contributed by atoms with Gasteiger partial charge in [0, 0.05) is 7.11 Å². The Labute approximate surface area is 88.1 Å². The van der Waals surface area contributed by atoms with Gasteiger partial charge in [-0.05, 0) is 11.8 Å². The maximum absolute atomic E-state index is 11.3. The number of rotatable bonds is 5. The van der Waals surface area contributed by atoms with Gasteiger partial charge < -0.3 is 24.1 Å². The maximum Gasteiger partial charge on any atom is 0.477 e. The van der Waals surface area contributed by atoms with Gasteiger partial charge in [-0.1, -0.05) is 0 Å². The fourth-order valence-electron chi connectivity index (χ4n) is 0.342. The molecular weight excluding hydrogens is 297 g/mol. The van der Waals surface area contributed by atoms with E-state index in [-0.39, 0.29) is 11.0 Å². The molecule has 8 nitrogen and oxygen atoms in total. The zero-order valence-corrected chi connectivity index (χ0v) is 10.9. The van der Waals surface area contributed by atoms with E-state index in [9.17, 15) is 9.13 Å². The standard InChI is InChI=1S/CH7O8P3S2/c1-8-12(7,9-10(2,3)4)14-11(5,6)13/h1H3,(H2,2,3,4)(H2,5,6,13). The quantitative estimate of drug-likeness (QED) is 0.540. The van der Waals surface area contributed by atoms with E-state index < -0.39 is 20.3 Å². The van der Waals surface area contributed by atoms with E-state index in [1.807, 2.05) is 0 Å². The van der Waals surface area contributed by atoms with E-state index in [0.717, 1.165) is 7.11 Å². The number of phosphoric acid groups is 1. The van der Waals surface area contributed by atoms with Crippen molar-refractivity contribution in [1.82, 2.24) is 0 Å². The van der Waals surface area contributed by atoms with Crippen LogP contribution in [0.2, 0.25) is 0 Å². The van der Waals surface area contributed by atoms with Crippen molar-refractivity contribution < 1.29 is 37.5 Å². The highest BCUT2D eigenvalue weighted by atomic mass is 33.2. The van der Waals surface area contributed by atoms with E-state index >= 15 is 0 Å². The van der Waals surface area contributed by atoms with E-state index in [0.29, 0.717) is 0 Å². The molecule has 0 amide bonds. The Kier molecular flexibility index (Phi) is 5.47. The molecule has 86 valence electrons. The lowest BCUT2D eigenvalue weighted by Crippen LogP contribution is -1.87. The molecule has 0 saturated heterocycles. The lowest BCUT2D eigenvalue weighted by Gasteiger charge is -2.16. The molecule has 0 spiro atoms. The number of hydrogen-bond acceptors (Lipinski definition) is 6. The summed E-state index contributed by atoms with van der Waals surface area (Å²) in [6, 6.07) is 0. The van der Waals surface area contributed by atoms with Gasteiger partial charge in [-0.2, -0.15) is 4.31 Å².